The number of carbonyl (C=O) groups excluding carboxylic acids is 1. The van der Waals surface area contributed by atoms with Gasteiger partial charge >= 0.3 is 0 Å². The Bertz CT molecular complexity index is 941. The molecule has 4 rings (SSSR count). The molecule has 0 atom stereocenters. The number of hydrogen-bond donors (Lipinski definition) is 2. The van der Waals surface area contributed by atoms with Gasteiger partial charge in [0.15, 0.2) is 0 Å². The number of fused-ring (bicyclic) bond motifs is 1. The Labute approximate surface area is 146 Å². The number of benzene rings is 2. The molecule has 5 nitrogen and oxygen atoms in total. The number of carbonyl (C=O) groups is 1. The summed E-state index contributed by atoms with van der Waals surface area (Å²) in [6.07, 6.45) is 3.69. The van der Waals surface area contributed by atoms with Crippen LogP contribution in [0.1, 0.15) is 46.9 Å². The number of ether oxygens (including phenoxy) is 1. The van der Waals surface area contributed by atoms with Crippen LogP contribution in [0.3, 0.4) is 0 Å². The first-order valence-electron chi connectivity index (χ1n) is 8.59. The third-order valence-electron chi connectivity index (χ3n) is 4.92. The van der Waals surface area contributed by atoms with Crippen molar-refractivity contribution in [3.63, 3.8) is 0 Å². The van der Waals surface area contributed by atoms with Gasteiger partial charge in [-0.2, -0.15) is 0 Å². The number of aryl methyl sites for hydroxylation is 1. The van der Waals surface area contributed by atoms with Crippen LogP contribution in [0.4, 0.5) is 5.69 Å². The fourth-order valence-electron chi connectivity index (χ4n) is 3.15. The van der Waals surface area contributed by atoms with Crippen molar-refractivity contribution in [3.8, 4) is 5.75 Å². The second kappa shape index (κ2) is 6.24. The lowest BCUT2D eigenvalue weighted by atomic mass is 9.85. The molecule has 25 heavy (non-hydrogen) atoms. The third-order valence-corrected chi connectivity index (χ3v) is 4.92. The molecule has 2 N–H and O–H groups in total. The fourth-order valence-corrected chi connectivity index (χ4v) is 3.15. The predicted molar refractivity (Wildman–Crippen MR) is 98.4 cm³/mol. The predicted octanol–water partition coefficient (Wildman–Crippen LogP) is 4.40. The van der Waals surface area contributed by atoms with E-state index < -0.39 is 0 Å². The number of imidazole rings is 1. The molecule has 1 amide bonds. The Balaban J connectivity index is 1.56. The maximum absolute atomic E-state index is 12.5. The SMILES string of the molecule is COc1cc(C(=O)Nc2ccc3nc(C4CCC4)[nH]c3c2)ccc1C. The first-order valence-corrected chi connectivity index (χ1v) is 8.59. The summed E-state index contributed by atoms with van der Waals surface area (Å²) in [5.74, 6) is 2.18. The Hall–Kier alpha value is -2.82. The second-order valence-corrected chi connectivity index (χ2v) is 6.62. The number of H-pyrrole nitrogens is 1. The van der Waals surface area contributed by atoms with Gasteiger partial charge in [0.25, 0.3) is 5.91 Å². The molecule has 1 aromatic heterocycles. The highest BCUT2D eigenvalue weighted by molar-refractivity contribution is 6.05. The van der Waals surface area contributed by atoms with Crippen molar-refractivity contribution in [1.29, 1.82) is 0 Å². The lowest BCUT2D eigenvalue weighted by Crippen LogP contribution is -2.12. The molecule has 2 aromatic carbocycles. The van der Waals surface area contributed by atoms with Crippen LogP contribution in [0.15, 0.2) is 36.4 Å². The van der Waals surface area contributed by atoms with Crippen molar-refractivity contribution in [2.75, 3.05) is 12.4 Å². The molecule has 1 fully saturated rings. The zero-order chi connectivity index (χ0) is 17.4. The smallest absolute Gasteiger partial charge is 0.255 e. The molecule has 1 aliphatic carbocycles. The average Bonchev–Trinajstić information content (AvgIpc) is 2.95. The van der Waals surface area contributed by atoms with Crippen molar-refractivity contribution in [3.05, 3.63) is 53.3 Å². The first kappa shape index (κ1) is 15.7. The largest absolute Gasteiger partial charge is 0.496 e. The molecule has 0 aliphatic heterocycles. The zero-order valence-electron chi connectivity index (χ0n) is 14.4. The molecule has 1 saturated carbocycles. The summed E-state index contributed by atoms with van der Waals surface area (Å²) < 4.78 is 5.29. The van der Waals surface area contributed by atoms with Crippen LogP contribution < -0.4 is 10.1 Å². The Morgan fingerprint density at radius 2 is 2.08 bits per heavy atom. The van der Waals surface area contributed by atoms with Gasteiger partial charge in [0.1, 0.15) is 11.6 Å². The number of hydrogen-bond acceptors (Lipinski definition) is 3. The van der Waals surface area contributed by atoms with Crippen molar-refractivity contribution in [2.24, 2.45) is 0 Å². The van der Waals surface area contributed by atoms with Crippen LogP contribution >= 0.6 is 0 Å². The maximum atomic E-state index is 12.5. The van der Waals surface area contributed by atoms with E-state index in [2.05, 4.69) is 15.3 Å². The van der Waals surface area contributed by atoms with Gasteiger partial charge in [0.05, 0.1) is 18.1 Å². The summed E-state index contributed by atoms with van der Waals surface area (Å²) in [5, 5.41) is 2.95. The van der Waals surface area contributed by atoms with Gasteiger partial charge in [-0.05, 0) is 55.7 Å². The lowest BCUT2D eigenvalue weighted by Gasteiger charge is -2.22. The van der Waals surface area contributed by atoms with Crippen molar-refractivity contribution in [1.82, 2.24) is 9.97 Å². The quantitative estimate of drug-likeness (QED) is 0.742. The van der Waals surface area contributed by atoms with E-state index in [0.29, 0.717) is 17.2 Å². The van der Waals surface area contributed by atoms with E-state index in [1.807, 2.05) is 31.2 Å². The van der Waals surface area contributed by atoms with Gasteiger partial charge in [0.2, 0.25) is 0 Å². The third kappa shape index (κ3) is 2.97. The molecule has 0 radical (unpaired) electrons. The molecule has 0 bridgehead atoms. The van der Waals surface area contributed by atoms with E-state index >= 15 is 0 Å². The first-order chi connectivity index (χ1) is 12.1. The Morgan fingerprint density at radius 3 is 2.80 bits per heavy atom. The second-order valence-electron chi connectivity index (χ2n) is 6.62. The molecular weight excluding hydrogens is 314 g/mol. The van der Waals surface area contributed by atoms with Crippen LogP contribution in [-0.4, -0.2) is 23.0 Å². The molecule has 0 spiro atoms. The minimum Gasteiger partial charge on any atom is -0.496 e. The van der Waals surface area contributed by atoms with Crippen molar-refractivity contribution in [2.45, 2.75) is 32.1 Å². The van der Waals surface area contributed by atoms with Crippen LogP contribution in [-0.2, 0) is 0 Å². The minimum atomic E-state index is -0.156. The zero-order valence-corrected chi connectivity index (χ0v) is 14.4. The molecule has 128 valence electrons. The highest BCUT2D eigenvalue weighted by Gasteiger charge is 2.22. The van der Waals surface area contributed by atoms with E-state index in [1.54, 1.807) is 19.2 Å². The summed E-state index contributed by atoms with van der Waals surface area (Å²) >= 11 is 0. The van der Waals surface area contributed by atoms with Gasteiger partial charge in [-0.1, -0.05) is 12.5 Å². The van der Waals surface area contributed by atoms with Crippen LogP contribution in [0.25, 0.3) is 11.0 Å². The van der Waals surface area contributed by atoms with Gasteiger partial charge in [-0.15, -0.1) is 0 Å². The monoisotopic (exact) mass is 335 g/mol. The van der Waals surface area contributed by atoms with Gasteiger partial charge < -0.3 is 15.0 Å². The molecule has 0 unspecified atom stereocenters. The molecule has 1 heterocycles. The van der Waals surface area contributed by atoms with E-state index in [0.717, 1.165) is 28.1 Å². The number of anilines is 1. The van der Waals surface area contributed by atoms with E-state index in [-0.39, 0.29) is 5.91 Å². The normalized spacial score (nSPS) is 14.3. The highest BCUT2D eigenvalue weighted by Crippen LogP contribution is 2.35. The number of aromatic amines is 1. The fraction of sp³-hybridized carbons (Fsp3) is 0.300. The summed E-state index contributed by atoms with van der Waals surface area (Å²) in [6, 6.07) is 11.2. The van der Waals surface area contributed by atoms with Crippen LogP contribution in [0.2, 0.25) is 0 Å². The number of methoxy groups -OCH3 is 1. The van der Waals surface area contributed by atoms with E-state index in [1.165, 1.54) is 19.3 Å². The molecule has 3 aromatic rings. The average molecular weight is 335 g/mol. The minimum absolute atomic E-state index is 0.156. The van der Waals surface area contributed by atoms with E-state index in [9.17, 15) is 4.79 Å². The number of aromatic nitrogens is 2. The van der Waals surface area contributed by atoms with Crippen LogP contribution in [0.5, 0.6) is 5.75 Å². The van der Waals surface area contributed by atoms with Crippen molar-refractivity contribution < 1.29 is 9.53 Å². The lowest BCUT2D eigenvalue weighted by molar-refractivity contribution is 0.102. The van der Waals surface area contributed by atoms with E-state index in [4.69, 9.17) is 4.74 Å². The summed E-state index contributed by atoms with van der Waals surface area (Å²) in [6.45, 7) is 1.95. The topological polar surface area (TPSA) is 67.0 Å². The van der Waals surface area contributed by atoms with Gasteiger partial charge in [-0.3, -0.25) is 4.79 Å². The highest BCUT2D eigenvalue weighted by atomic mass is 16.5. The van der Waals surface area contributed by atoms with Crippen molar-refractivity contribution >= 4 is 22.6 Å². The molecular formula is C20H21N3O2. The maximum Gasteiger partial charge on any atom is 0.255 e. The summed E-state index contributed by atoms with van der Waals surface area (Å²) in [5.41, 5.74) is 4.22. The number of amides is 1. The summed E-state index contributed by atoms with van der Waals surface area (Å²) in [7, 11) is 1.61. The number of nitrogens with one attached hydrogen (secondary N) is 2. The van der Waals surface area contributed by atoms with Gasteiger partial charge in [-0.25, -0.2) is 4.98 Å². The van der Waals surface area contributed by atoms with Gasteiger partial charge in [0, 0.05) is 17.2 Å². The summed E-state index contributed by atoms with van der Waals surface area (Å²) in [4.78, 5) is 20.6. The Kier molecular flexibility index (Phi) is 3.92. The molecule has 0 saturated heterocycles. The Morgan fingerprint density at radius 1 is 1.24 bits per heavy atom. The number of rotatable bonds is 4. The van der Waals surface area contributed by atoms with Crippen LogP contribution in [0, 0.1) is 6.92 Å². The molecule has 5 heteroatoms. The number of nitrogens with zero attached hydrogens (tertiary/aromatic N) is 1. The molecule has 1 aliphatic rings. The standard InChI is InChI=1S/C20H21N3O2/c1-12-6-7-14(10-18(12)25-2)20(24)21-15-8-9-16-17(11-15)23-19(22-16)13-4-3-5-13/h6-11,13H,3-5H2,1-2H3,(H,21,24)(H,22,23).